The van der Waals surface area contributed by atoms with E-state index >= 15 is 0 Å². The Bertz CT molecular complexity index is 3070. The maximum atomic E-state index is 2.41. The Balaban J connectivity index is 1.01. The lowest BCUT2D eigenvalue weighted by molar-refractivity contribution is 1.22. The first-order valence-electron chi connectivity index (χ1n) is 22.3. The number of anilines is 6. The molecule has 10 rings (SSSR count). The van der Waals surface area contributed by atoms with Gasteiger partial charge in [0.2, 0.25) is 0 Å². The molecule has 0 unspecified atom stereocenters. The van der Waals surface area contributed by atoms with Crippen LogP contribution in [0.4, 0.5) is 34.1 Å². The van der Waals surface area contributed by atoms with E-state index in [1.165, 1.54) is 99.7 Å². The first-order valence-corrected chi connectivity index (χ1v) is 22.3. The molecular formula is C62H52N2. The fourth-order valence-corrected chi connectivity index (χ4v) is 9.75. The van der Waals surface area contributed by atoms with Crippen LogP contribution in [-0.4, -0.2) is 0 Å². The largest absolute Gasteiger partial charge is 0.310 e. The number of fused-ring (bicyclic) bond motifs is 2. The number of para-hydroxylation sites is 2. The minimum Gasteiger partial charge on any atom is -0.310 e. The number of hydrogen-bond acceptors (Lipinski definition) is 2. The topological polar surface area (TPSA) is 6.48 Å². The van der Waals surface area contributed by atoms with Crippen molar-refractivity contribution in [2.24, 2.45) is 0 Å². The summed E-state index contributed by atoms with van der Waals surface area (Å²) < 4.78 is 0. The molecular weight excluding hydrogens is 773 g/mol. The molecule has 310 valence electrons. The molecule has 0 fully saturated rings. The van der Waals surface area contributed by atoms with Crippen molar-refractivity contribution in [1.29, 1.82) is 0 Å². The minimum atomic E-state index is 1.13. The van der Waals surface area contributed by atoms with E-state index < -0.39 is 0 Å². The monoisotopic (exact) mass is 824 g/mol. The van der Waals surface area contributed by atoms with Crippen LogP contribution in [0.5, 0.6) is 0 Å². The van der Waals surface area contributed by atoms with Crippen molar-refractivity contribution in [2.45, 2.75) is 41.5 Å². The summed E-state index contributed by atoms with van der Waals surface area (Å²) in [4.78, 5) is 4.83. The Morgan fingerprint density at radius 2 is 0.547 bits per heavy atom. The first kappa shape index (κ1) is 40.4. The van der Waals surface area contributed by atoms with Crippen LogP contribution in [0.2, 0.25) is 0 Å². The summed E-state index contributed by atoms with van der Waals surface area (Å²) in [7, 11) is 0. The third-order valence-corrected chi connectivity index (χ3v) is 12.9. The van der Waals surface area contributed by atoms with Gasteiger partial charge in [-0.15, -0.1) is 0 Å². The summed E-state index contributed by atoms with van der Waals surface area (Å²) >= 11 is 0. The van der Waals surface area contributed by atoms with E-state index in [1.54, 1.807) is 0 Å². The maximum absolute atomic E-state index is 2.41. The number of aryl methyl sites for hydroxylation is 6. The summed E-state index contributed by atoms with van der Waals surface area (Å²) in [6.45, 7) is 13.5. The maximum Gasteiger partial charge on any atom is 0.0490 e. The van der Waals surface area contributed by atoms with Gasteiger partial charge in [-0.3, -0.25) is 0 Å². The van der Waals surface area contributed by atoms with Gasteiger partial charge in [0.05, 0.1) is 0 Å². The zero-order valence-corrected chi connectivity index (χ0v) is 37.5. The molecule has 0 heterocycles. The predicted molar refractivity (Wildman–Crippen MR) is 276 cm³/mol. The smallest absolute Gasteiger partial charge is 0.0490 e. The van der Waals surface area contributed by atoms with Gasteiger partial charge in [-0.1, -0.05) is 133 Å². The standard InChI is InChI=1S/C62H52N2/c1-41-15-7-13-21-59(41)63(55-31-27-49(28-32-55)53-25-23-47-17-9-11-19-51(47)39-53)57-35-43(3)61(44(4)36-57)62-45(5)37-58(38-46(62)6)64(60-22-14-8-16-42(60)2)56-33-29-50(30-34-56)54-26-24-48-18-10-12-20-52(48)40-54/h7-40H,1-6H3. The van der Waals surface area contributed by atoms with Crippen molar-refractivity contribution in [2.75, 3.05) is 9.80 Å². The zero-order chi connectivity index (χ0) is 43.9. The summed E-state index contributed by atoms with van der Waals surface area (Å²) in [6, 6.07) is 75.5. The molecule has 0 saturated heterocycles. The second-order valence-corrected chi connectivity index (χ2v) is 17.4. The molecule has 0 amide bonds. The van der Waals surface area contributed by atoms with E-state index in [-0.39, 0.29) is 0 Å². The lowest BCUT2D eigenvalue weighted by atomic mass is 9.88. The van der Waals surface area contributed by atoms with Crippen LogP contribution in [-0.2, 0) is 0 Å². The molecule has 0 bridgehead atoms. The third-order valence-electron chi connectivity index (χ3n) is 12.9. The number of nitrogens with zero attached hydrogens (tertiary/aromatic N) is 2. The van der Waals surface area contributed by atoms with Crippen LogP contribution in [0.15, 0.2) is 206 Å². The lowest BCUT2D eigenvalue weighted by Gasteiger charge is -2.30. The molecule has 2 heteroatoms. The molecule has 0 aromatic heterocycles. The molecule has 64 heavy (non-hydrogen) atoms. The van der Waals surface area contributed by atoms with Crippen LogP contribution in [0, 0.1) is 41.5 Å². The number of benzene rings is 10. The van der Waals surface area contributed by atoms with Crippen molar-refractivity contribution in [1.82, 2.24) is 0 Å². The Labute approximate surface area is 378 Å². The van der Waals surface area contributed by atoms with Crippen molar-refractivity contribution < 1.29 is 0 Å². The van der Waals surface area contributed by atoms with Gasteiger partial charge in [0.25, 0.3) is 0 Å². The SMILES string of the molecule is Cc1ccccc1N(c1ccc(-c2ccc3ccccc3c2)cc1)c1cc(C)c(-c2c(C)cc(N(c3ccc(-c4ccc5ccccc5c4)cc3)c3ccccc3C)cc2C)c(C)c1. The highest BCUT2D eigenvalue weighted by atomic mass is 15.1. The van der Waals surface area contributed by atoms with Crippen molar-refractivity contribution >= 4 is 55.7 Å². The van der Waals surface area contributed by atoms with Crippen LogP contribution < -0.4 is 9.80 Å². The van der Waals surface area contributed by atoms with Gasteiger partial charge >= 0.3 is 0 Å². The van der Waals surface area contributed by atoms with Crippen molar-refractivity contribution in [3.8, 4) is 33.4 Å². The Hall–Kier alpha value is -7.68. The molecule has 0 saturated carbocycles. The Morgan fingerprint density at radius 1 is 0.234 bits per heavy atom. The number of rotatable bonds is 9. The van der Waals surface area contributed by atoms with Gasteiger partial charge in [-0.05, 0) is 203 Å². The van der Waals surface area contributed by atoms with Crippen molar-refractivity contribution in [3.05, 3.63) is 240 Å². The fourth-order valence-electron chi connectivity index (χ4n) is 9.75. The van der Waals surface area contributed by atoms with E-state index in [1.807, 2.05) is 0 Å². The average Bonchev–Trinajstić information content (AvgIpc) is 3.31. The summed E-state index contributed by atoms with van der Waals surface area (Å²) in [5.41, 5.74) is 21.8. The van der Waals surface area contributed by atoms with Crippen LogP contribution in [0.1, 0.15) is 33.4 Å². The normalized spacial score (nSPS) is 11.3. The number of hydrogen-bond donors (Lipinski definition) is 0. The molecule has 0 aliphatic heterocycles. The van der Waals surface area contributed by atoms with Crippen LogP contribution >= 0.6 is 0 Å². The van der Waals surface area contributed by atoms with E-state index in [2.05, 4.69) is 258 Å². The molecule has 0 spiro atoms. The highest BCUT2D eigenvalue weighted by molar-refractivity contribution is 5.91. The summed E-state index contributed by atoms with van der Waals surface area (Å²) in [5.74, 6) is 0. The average molecular weight is 825 g/mol. The second-order valence-electron chi connectivity index (χ2n) is 17.4. The Morgan fingerprint density at radius 3 is 0.906 bits per heavy atom. The predicted octanol–water partition coefficient (Wildman–Crippen LogP) is 17.8. The van der Waals surface area contributed by atoms with Crippen molar-refractivity contribution in [3.63, 3.8) is 0 Å². The molecule has 0 aliphatic carbocycles. The molecule has 0 N–H and O–H groups in total. The highest BCUT2D eigenvalue weighted by Gasteiger charge is 2.22. The summed E-state index contributed by atoms with van der Waals surface area (Å²) in [5, 5.41) is 5.02. The molecule has 0 atom stereocenters. The summed E-state index contributed by atoms with van der Waals surface area (Å²) in [6.07, 6.45) is 0. The van der Waals surface area contributed by atoms with Gasteiger partial charge in [0.1, 0.15) is 0 Å². The van der Waals surface area contributed by atoms with Gasteiger partial charge < -0.3 is 9.80 Å². The van der Waals surface area contributed by atoms with E-state index in [4.69, 9.17) is 0 Å². The highest BCUT2D eigenvalue weighted by Crippen LogP contribution is 2.45. The van der Waals surface area contributed by atoms with E-state index in [0.29, 0.717) is 0 Å². The van der Waals surface area contributed by atoms with Gasteiger partial charge in [-0.2, -0.15) is 0 Å². The van der Waals surface area contributed by atoms with E-state index in [0.717, 1.165) is 22.7 Å². The molecule has 0 radical (unpaired) electrons. The minimum absolute atomic E-state index is 1.13. The van der Waals surface area contributed by atoms with Gasteiger partial charge in [0, 0.05) is 34.1 Å². The fraction of sp³-hybridized carbons (Fsp3) is 0.0968. The van der Waals surface area contributed by atoms with Gasteiger partial charge in [-0.25, -0.2) is 0 Å². The van der Waals surface area contributed by atoms with Gasteiger partial charge in [0.15, 0.2) is 0 Å². The molecule has 10 aromatic rings. The second kappa shape index (κ2) is 16.9. The third kappa shape index (κ3) is 7.62. The lowest BCUT2D eigenvalue weighted by Crippen LogP contribution is -2.13. The Kier molecular flexibility index (Phi) is 10.7. The molecule has 10 aromatic carbocycles. The van der Waals surface area contributed by atoms with E-state index in [9.17, 15) is 0 Å². The van der Waals surface area contributed by atoms with Crippen LogP contribution in [0.3, 0.4) is 0 Å². The first-order chi connectivity index (χ1) is 31.2. The zero-order valence-electron chi connectivity index (χ0n) is 37.5. The quantitative estimate of drug-likeness (QED) is 0.143. The molecule has 0 aliphatic rings. The molecule has 2 nitrogen and oxygen atoms in total. The van der Waals surface area contributed by atoms with Crippen LogP contribution in [0.25, 0.3) is 54.9 Å².